The van der Waals surface area contributed by atoms with Crippen LogP contribution in [0, 0.1) is 0 Å². The molecule has 3 rings (SSSR count). The van der Waals surface area contributed by atoms with E-state index in [-0.39, 0.29) is 23.6 Å². The van der Waals surface area contributed by atoms with Gasteiger partial charge in [-0.3, -0.25) is 9.78 Å². The first kappa shape index (κ1) is 16.8. The van der Waals surface area contributed by atoms with Gasteiger partial charge in [0.1, 0.15) is 5.76 Å². The van der Waals surface area contributed by atoms with E-state index in [0.29, 0.717) is 0 Å². The molecule has 1 amide bonds. The Morgan fingerprint density at radius 2 is 1.96 bits per heavy atom. The molecule has 1 N–H and O–H groups in total. The molecule has 0 aliphatic carbocycles. The number of carbonyl (C=O) groups is 1. The van der Waals surface area contributed by atoms with Crippen molar-refractivity contribution in [3.05, 3.63) is 77.8 Å². The zero-order valence-corrected chi connectivity index (χ0v) is 12.9. The number of nitrogens with one attached hydrogen (secondary N) is 1. The van der Waals surface area contributed by atoms with E-state index >= 15 is 0 Å². The number of nitrogens with zero attached hydrogens (tertiary/aromatic N) is 1. The molecule has 0 spiro atoms. The minimum atomic E-state index is -4.44. The van der Waals surface area contributed by atoms with Gasteiger partial charge in [-0.05, 0) is 35.9 Å². The Balaban J connectivity index is 1.73. The highest BCUT2D eigenvalue weighted by Crippen LogP contribution is 2.32. The summed E-state index contributed by atoms with van der Waals surface area (Å²) < 4.78 is 43.7. The van der Waals surface area contributed by atoms with Crippen LogP contribution in [0.3, 0.4) is 0 Å². The summed E-state index contributed by atoms with van der Waals surface area (Å²) in [6.07, 6.45) is -1.19. The highest BCUT2D eigenvalue weighted by atomic mass is 19.4. The number of carbonyl (C=O) groups excluding carboxylic acids is 1. The molecule has 0 radical (unpaired) electrons. The van der Waals surface area contributed by atoms with Crippen molar-refractivity contribution < 1.29 is 22.4 Å². The Morgan fingerprint density at radius 3 is 2.68 bits per heavy atom. The van der Waals surface area contributed by atoms with E-state index < -0.39 is 17.6 Å². The first-order chi connectivity index (χ1) is 11.9. The van der Waals surface area contributed by atoms with Crippen LogP contribution in [-0.2, 0) is 12.7 Å². The lowest BCUT2D eigenvalue weighted by molar-refractivity contribution is -0.137. The quantitative estimate of drug-likeness (QED) is 0.767. The number of hydrogen-bond donors (Lipinski definition) is 1. The number of aromatic nitrogens is 1. The molecule has 0 bridgehead atoms. The maximum atomic E-state index is 12.8. The zero-order valence-electron chi connectivity index (χ0n) is 12.9. The summed E-state index contributed by atoms with van der Waals surface area (Å²) in [6, 6.07) is 11.2. The smallest absolute Gasteiger partial charge is 0.416 e. The van der Waals surface area contributed by atoms with Gasteiger partial charge in [0.05, 0.1) is 5.56 Å². The summed E-state index contributed by atoms with van der Waals surface area (Å²) in [7, 11) is 0. The molecule has 4 nitrogen and oxygen atoms in total. The van der Waals surface area contributed by atoms with Crippen LogP contribution >= 0.6 is 0 Å². The number of halogens is 3. The minimum Gasteiger partial charge on any atom is -0.451 e. The van der Waals surface area contributed by atoms with Gasteiger partial charge in [0.25, 0.3) is 5.91 Å². The topological polar surface area (TPSA) is 55.1 Å². The highest BCUT2D eigenvalue weighted by molar-refractivity contribution is 5.92. The van der Waals surface area contributed by atoms with Crippen LogP contribution in [-0.4, -0.2) is 10.9 Å². The maximum absolute atomic E-state index is 12.8. The van der Waals surface area contributed by atoms with E-state index in [0.717, 1.165) is 17.7 Å². The second-order valence-corrected chi connectivity index (χ2v) is 5.29. The lowest BCUT2D eigenvalue weighted by Gasteiger charge is -2.07. The third kappa shape index (κ3) is 4.06. The van der Waals surface area contributed by atoms with E-state index in [4.69, 9.17) is 4.42 Å². The van der Waals surface area contributed by atoms with Crippen molar-refractivity contribution in [1.29, 1.82) is 0 Å². The van der Waals surface area contributed by atoms with E-state index in [1.54, 1.807) is 18.5 Å². The third-order valence-electron chi connectivity index (χ3n) is 3.48. The maximum Gasteiger partial charge on any atom is 0.416 e. The van der Waals surface area contributed by atoms with Crippen LogP contribution in [0.5, 0.6) is 0 Å². The van der Waals surface area contributed by atoms with E-state index in [9.17, 15) is 18.0 Å². The summed E-state index contributed by atoms with van der Waals surface area (Å²) >= 11 is 0. The Morgan fingerprint density at radius 1 is 1.12 bits per heavy atom. The largest absolute Gasteiger partial charge is 0.451 e. The van der Waals surface area contributed by atoms with Gasteiger partial charge < -0.3 is 9.73 Å². The fourth-order valence-electron chi connectivity index (χ4n) is 2.24. The van der Waals surface area contributed by atoms with Gasteiger partial charge in [-0.25, -0.2) is 0 Å². The summed E-state index contributed by atoms with van der Waals surface area (Å²) in [5.74, 6) is -0.240. The molecule has 128 valence electrons. The monoisotopic (exact) mass is 346 g/mol. The average Bonchev–Trinajstić information content (AvgIpc) is 3.10. The van der Waals surface area contributed by atoms with Gasteiger partial charge >= 0.3 is 6.18 Å². The zero-order chi connectivity index (χ0) is 17.9. The van der Waals surface area contributed by atoms with Crippen LogP contribution in [0.4, 0.5) is 13.2 Å². The lowest BCUT2D eigenvalue weighted by Crippen LogP contribution is -2.22. The van der Waals surface area contributed by atoms with Crippen molar-refractivity contribution in [3.63, 3.8) is 0 Å². The number of hydrogen-bond acceptors (Lipinski definition) is 3. The molecule has 2 aromatic heterocycles. The minimum absolute atomic E-state index is 0.0244. The molecular formula is C18H13F3N2O2. The molecule has 0 aliphatic rings. The third-order valence-corrected chi connectivity index (χ3v) is 3.48. The summed E-state index contributed by atoms with van der Waals surface area (Å²) in [5.41, 5.74) is 0.297. The predicted octanol–water partition coefficient (Wildman–Crippen LogP) is 4.29. The summed E-state index contributed by atoms with van der Waals surface area (Å²) in [4.78, 5) is 16.0. The molecule has 0 fully saturated rings. The van der Waals surface area contributed by atoms with Crippen molar-refractivity contribution in [2.45, 2.75) is 12.7 Å². The SMILES string of the molecule is O=C(NCc1cccnc1)c1ccc(-c2cccc(C(F)(F)F)c2)o1. The Labute approximate surface area is 141 Å². The fourth-order valence-corrected chi connectivity index (χ4v) is 2.24. The van der Waals surface area contributed by atoms with Gasteiger partial charge in [-0.15, -0.1) is 0 Å². The van der Waals surface area contributed by atoms with Crippen molar-refractivity contribution in [2.24, 2.45) is 0 Å². The second-order valence-electron chi connectivity index (χ2n) is 5.29. The molecule has 0 unspecified atom stereocenters. The van der Waals surface area contributed by atoms with Crippen LogP contribution in [0.15, 0.2) is 65.3 Å². The van der Waals surface area contributed by atoms with Gasteiger partial charge in [-0.1, -0.05) is 18.2 Å². The normalized spacial score (nSPS) is 11.3. The number of furan rings is 1. The molecule has 2 heterocycles. The van der Waals surface area contributed by atoms with Crippen molar-refractivity contribution in [2.75, 3.05) is 0 Å². The van der Waals surface area contributed by atoms with Gasteiger partial charge in [0.15, 0.2) is 5.76 Å². The Kier molecular flexibility index (Phi) is 4.56. The molecule has 0 aliphatic heterocycles. The lowest BCUT2D eigenvalue weighted by atomic mass is 10.1. The van der Waals surface area contributed by atoms with Crippen LogP contribution < -0.4 is 5.32 Å². The van der Waals surface area contributed by atoms with Crippen LogP contribution in [0.2, 0.25) is 0 Å². The summed E-state index contributed by atoms with van der Waals surface area (Å²) in [6.45, 7) is 0.270. The standard InChI is InChI=1S/C18H13F3N2O2/c19-18(20,21)14-5-1-4-13(9-14)15-6-7-16(25-15)17(24)23-11-12-3-2-8-22-10-12/h1-10H,11H2,(H,23,24). The van der Waals surface area contributed by atoms with Crippen LogP contribution in [0.1, 0.15) is 21.7 Å². The number of alkyl halides is 3. The average molecular weight is 346 g/mol. The second kappa shape index (κ2) is 6.80. The van der Waals surface area contributed by atoms with Gasteiger partial charge in [0.2, 0.25) is 0 Å². The predicted molar refractivity (Wildman–Crippen MR) is 84.6 cm³/mol. The van der Waals surface area contributed by atoms with Crippen molar-refractivity contribution in [1.82, 2.24) is 10.3 Å². The van der Waals surface area contributed by atoms with Gasteiger partial charge in [-0.2, -0.15) is 13.2 Å². The Hall–Kier alpha value is -3.09. The molecule has 3 aromatic rings. The van der Waals surface area contributed by atoms with E-state index in [2.05, 4.69) is 10.3 Å². The molecule has 25 heavy (non-hydrogen) atoms. The Bertz CT molecular complexity index is 873. The molecule has 0 saturated heterocycles. The molecule has 0 atom stereocenters. The van der Waals surface area contributed by atoms with E-state index in [1.807, 2.05) is 6.07 Å². The summed E-state index contributed by atoms with van der Waals surface area (Å²) in [5, 5.41) is 2.66. The van der Waals surface area contributed by atoms with E-state index in [1.165, 1.54) is 24.3 Å². The van der Waals surface area contributed by atoms with Gasteiger partial charge in [0, 0.05) is 24.5 Å². The molecule has 7 heteroatoms. The van der Waals surface area contributed by atoms with Crippen molar-refractivity contribution >= 4 is 5.91 Å². The first-order valence-electron chi connectivity index (χ1n) is 7.38. The van der Waals surface area contributed by atoms with Crippen LogP contribution in [0.25, 0.3) is 11.3 Å². The number of rotatable bonds is 4. The number of pyridine rings is 1. The van der Waals surface area contributed by atoms with Crippen molar-refractivity contribution in [3.8, 4) is 11.3 Å². The molecule has 0 saturated carbocycles. The highest BCUT2D eigenvalue weighted by Gasteiger charge is 2.30. The fraction of sp³-hybridized carbons (Fsp3) is 0.111. The number of benzene rings is 1. The molecule has 1 aromatic carbocycles. The number of amides is 1. The molecular weight excluding hydrogens is 333 g/mol. The first-order valence-corrected chi connectivity index (χ1v) is 7.38.